The number of hydrogen-bond donors (Lipinski definition) is 2. The molecule has 4 nitrogen and oxygen atoms in total. The van der Waals surface area contributed by atoms with E-state index in [4.69, 9.17) is 5.73 Å². The number of pyridine rings is 1. The van der Waals surface area contributed by atoms with E-state index in [1.807, 2.05) is 6.07 Å². The minimum absolute atomic E-state index is 0.0827. The third-order valence-electron chi connectivity index (χ3n) is 2.32. The first kappa shape index (κ1) is 14.8. The minimum Gasteiger partial charge on any atom is -0.399 e. The van der Waals surface area contributed by atoms with Gasteiger partial charge in [-0.2, -0.15) is 0 Å². The average molecular weight is 356 g/mol. The molecule has 0 aliphatic heterocycles. The number of hydrogen-bond acceptors (Lipinski definition) is 4. The lowest BCUT2D eigenvalue weighted by atomic mass is 10.2. The van der Waals surface area contributed by atoms with Crippen LogP contribution in [0.25, 0.3) is 0 Å². The van der Waals surface area contributed by atoms with Crippen molar-refractivity contribution in [1.82, 2.24) is 4.98 Å². The summed E-state index contributed by atoms with van der Waals surface area (Å²) in [4.78, 5) is 15.9. The zero-order valence-electron chi connectivity index (χ0n) is 10.3. The molecule has 20 heavy (non-hydrogen) atoms. The SMILES string of the molecule is Nc1ccc(F)c(NC(=O)CSc2ccc(Br)cn2)c1. The van der Waals surface area contributed by atoms with Crippen LogP contribution in [0.3, 0.4) is 0 Å². The molecule has 0 saturated heterocycles. The molecule has 0 saturated carbocycles. The van der Waals surface area contributed by atoms with E-state index in [0.29, 0.717) is 5.69 Å². The number of rotatable bonds is 4. The Hall–Kier alpha value is -1.60. The fourth-order valence-corrected chi connectivity index (χ4v) is 2.29. The van der Waals surface area contributed by atoms with Gasteiger partial charge < -0.3 is 11.1 Å². The van der Waals surface area contributed by atoms with Gasteiger partial charge in [-0.05, 0) is 46.3 Å². The molecule has 0 aliphatic rings. The van der Waals surface area contributed by atoms with Crippen LogP contribution < -0.4 is 11.1 Å². The van der Waals surface area contributed by atoms with E-state index in [9.17, 15) is 9.18 Å². The van der Waals surface area contributed by atoms with Crippen molar-refractivity contribution in [2.24, 2.45) is 0 Å². The molecule has 2 aromatic rings. The van der Waals surface area contributed by atoms with E-state index >= 15 is 0 Å². The molecule has 0 bridgehead atoms. The van der Waals surface area contributed by atoms with Crippen LogP contribution in [0.2, 0.25) is 0 Å². The molecule has 0 atom stereocenters. The quantitative estimate of drug-likeness (QED) is 0.652. The molecule has 1 amide bonds. The maximum atomic E-state index is 13.4. The highest BCUT2D eigenvalue weighted by molar-refractivity contribution is 9.10. The lowest BCUT2D eigenvalue weighted by molar-refractivity contribution is -0.113. The number of benzene rings is 1. The summed E-state index contributed by atoms with van der Waals surface area (Å²) in [5.41, 5.74) is 6.02. The van der Waals surface area contributed by atoms with Crippen molar-refractivity contribution >= 4 is 45.0 Å². The van der Waals surface area contributed by atoms with Gasteiger partial charge >= 0.3 is 0 Å². The molecule has 1 heterocycles. The Morgan fingerprint density at radius 1 is 1.40 bits per heavy atom. The number of nitrogens with two attached hydrogens (primary N) is 1. The lowest BCUT2D eigenvalue weighted by Gasteiger charge is -2.07. The van der Waals surface area contributed by atoms with Crippen LogP contribution in [-0.4, -0.2) is 16.6 Å². The topological polar surface area (TPSA) is 68.0 Å². The van der Waals surface area contributed by atoms with E-state index in [1.54, 1.807) is 12.3 Å². The predicted octanol–water partition coefficient (Wildman–Crippen LogP) is 3.30. The summed E-state index contributed by atoms with van der Waals surface area (Å²) in [6.45, 7) is 0. The Bertz CT molecular complexity index is 622. The first-order valence-electron chi connectivity index (χ1n) is 5.64. The standard InChI is InChI=1S/C13H11BrFN3OS/c14-8-1-4-13(17-6-8)20-7-12(19)18-11-5-9(16)2-3-10(11)15/h1-6H,7,16H2,(H,18,19). The number of carbonyl (C=O) groups is 1. The van der Waals surface area contributed by atoms with Gasteiger partial charge in [0.05, 0.1) is 16.5 Å². The molecule has 0 fully saturated rings. The molecular weight excluding hydrogens is 345 g/mol. The van der Waals surface area contributed by atoms with Crippen molar-refractivity contribution in [1.29, 1.82) is 0 Å². The van der Waals surface area contributed by atoms with E-state index in [-0.39, 0.29) is 17.3 Å². The maximum absolute atomic E-state index is 13.4. The van der Waals surface area contributed by atoms with Gasteiger partial charge in [0.2, 0.25) is 5.91 Å². The number of nitrogens with one attached hydrogen (secondary N) is 1. The number of carbonyl (C=O) groups excluding carboxylic acids is 1. The van der Waals surface area contributed by atoms with Gasteiger partial charge in [-0.15, -0.1) is 0 Å². The van der Waals surface area contributed by atoms with Crippen LogP contribution in [0.1, 0.15) is 0 Å². The molecule has 3 N–H and O–H groups in total. The van der Waals surface area contributed by atoms with Crippen LogP contribution in [0.5, 0.6) is 0 Å². The monoisotopic (exact) mass is 355 g/mol. The van der Waals surface area contributed by atoms with Gasteiger partial charge in [0, 0.05) is 16.4 Å². The molecule has 0 spiro atoms. The summed E-state index contributed by atoms with van der Waals surface area (Å²) < 4.78 is 14.3. The van der Waals surface area contributed by atoms with Crippen LogP contribution in [0.15, 0.2) is 46.0 Å². The number of thioether (sulfide) groups is 1. The van der Waals surface area contributed by atoms with Gasteiger partial charge in [0.25, 0.3) is 0 Å². The summed E-state index contributed by atoms with van der Waals surface area (Å²) in [6.07, 6.45) is 1.65. The third kappa shape index (κ3) is 4.21. The van der Waals surface area contributed by atoms with Gasteiger partial charge in [-0.3, -0.25) is 4.79 Å². The second kappa shape index (κ2) is 6.71. The Morgan fingerprint density at radius 3 is 2.90 bits per heavy atom. The smallest absolute Gasteiger partial charge is 0.234 e. The lowest BCUT2D eigenvalue weighted by Crippen LogP contribution is -2.15. The highest BCUT2D eigenvalue weighted by Crippen LogP contribution is 2.20. The Labute approximate surface area is 128 Å². The minimum atomic E-state index is -0.515. The maximum Gasteiger partial charge on any atom is 0.234 e. The zero-order valence-corrected chi connectivity index (χ0v) is 12.7. The van der Waals surface area contributed by atoms with Crippen molar-refractivity contribution in [3.8, 4) is 0 Å². The predicted molar refractivity (Wildman–Crippen MR) is 82.1 cm³/mol. The number of nitrogen functional groups attached to an aromatic ring is 1. The van der Waals surface area contributed by atoms with E-state index in [1.165, 1.54) is 30.0 Å². The van der Waals surface area contributed by atoms with Gasteiger partial charge in [0.1, 0.15) is 5.82 Å². The Kier molecular flexibility index (Phi) is 4.97. The van der Waals surface area contributed by atoms with Gasteiger partial charge in [-0.25, -0.2) is 9.37 Å². The molecule has 1 aromatic carbocycles. The van der Waals surface area contributed by atoms with Crippen LogP contribution in [-0.2, 0) is 4.79 Å². The molecule has 0 aliphatic carbocycles. The van der Waals surface area contributed by atoms with Crippen LogP contribution >= 0.6 is 27.7 Å². The number of halogens is 2. The summed E-state index contributed by atoms with van der Waals surface area (Å²) in [5, 5.41) is 3.20. The summed E-state index contributed by atoms with van der Waals surface area (Å²) in [6, 6.07) is 7.67. The molecule has 7 heteroatoms. The van der Waals surface area contributed by atoms with Crippen molar-refractivity contribution in [3.63, 3.8) is 0 Å². The van der Waals surface area contributed by atoms with Crippen LogP contribution in [0, 0.1) is 5.82 Å². The van der Waals surface area contributed by atoms with E-state index < -0.39 is 5.82 Å². The van der Waals surface area contributed by atoms with Gasteiger partial charge in [-0.1, -0.05) is 11.8 Å². The molecule has 2 rings (SSSR count). The van der Waals surface area contributed by atoms with Crippen molar-refractivity contribution in [2.45, 2.75) is 5.03 Å². The van der Waals surface area contributed by atoms with Crippen molar-refractivity contribution < 1.29 is 9.18 Å². The second-order valence-corrected chi connectivity index (χ2v) is 5.80. The number of aromatic nitrogens is 1. The highest BCUT2D eigenvalue weighted by atomic mass is 79.9. The summed E-state index contributed by atoms with van der Waals surface area (Å²) in [5.74, 6) is -0.688. The van der Waals surface area contributed by atoms with Crippen molar-refractivity contribution in [2.75, 3.05) is 16.8 Å². The molecule has 0 radical (unpaired) electrons. The number of anilines is 2. The second-order valence-electron chi connectivity index (χ2n) is 3.89. The molecule has 1 aromatic heterocycles. The first-order chi connectivity index (χ1) is 9.54. The summed E-state index contributed by atoms with van der Waals surface area (Å²) in [7, 11) is 0. The molecule has 104 valence electrons. The zero-order chi connectivity index (χ0) is 14.5. The largest absolute Gasteiger partial charge is 0.399 e. The Morgan fingerprint density at radius 2 is 2.20 bits per heavy atom. The Balaban J connectivity index is 1.92. The van der Waals surface area contributed by atoms with Crippen LogP contribution in [0.4, 0.5) is 15.8 Å². The fourth-order valence-electron chi connectivity index (χ4n) is 1.41. The van der Waals surface area contributed by atoms with Crippen molar-refractivity contribution in [3.05, 3.63) is 46.8 Å². The molecule has 0 unspecified atom stereocenters. The van der Waals surface area contributed by atoms with E-state index in [2.05, 4.69) is 26.2 Å². The van der Waals surface area contributed by atoms with Gasteiger partial charge in [0.15, 0.2) is 0 Å². The summed E-state index contributed by atoms with van der Waals surface area (Å²) >= 11 is 4.55. The number of nitrogens with zero attached hydrogens (tertiary/aromatic N) is 1. The average Bonchev–Trinajstić information content (AvgIpc) is 2.42. The van der Waals surface area contributed by atoms with E-state index in [0.717, 1.165) is 9.50 Å². The highest BCUT2D eigenvalue weighted by Gasteiger charge is 2.08. The number of amides is 1. The third-order valence-corrected chi connectivity index (χ3v) is 3.73. The molecular formula is C13H11BrFN3OS. The first-order valence-corrected chi connectivity index (χ1v) is 7.41. The normalized spacial score (nSPS) is 10.3. The fraction of sp³-hybridized carbons (Fsp3) is 0.0769.